The number of pyridine rings is 1. The van der Waals surface area contributed by atoms with Gasteiger partial charge in [-0.15, -0.1) is 10.2 Å². The van der Waals surface area contributed by atoms with E-state index in [1.54, 1.807) is 47.9 Å². The summed E-state index contributed by atoms with van der Waals surface area (Å²) < 4.78 is 16.1. The Morgan fingerprint density at radius 1 is 1.07 bits per heavy atom. The van der Waals surface area contributed by atoms with E-state index in [0.29, 0.717) is 32.0 Å². The number of carbonyl (C=O) groups is 2. The number of anilines is 1. The Balaban J connectivity index is 1.43. The highest BCUT2D eigenvalue weighted by molar-refractivity contribution is 8.00. The largest absolute Gasteiger partial charge is 0.505 e. The van der Waals surface area contributed by atoms with Crippen LogP contribution in [-0.2, 0) is 15.3 Å². The zero-order valence-corrected chi connectivity index (χ0v) is 23.2. The fourth-order valence-corrected chi connectivity index (χ4v) is 6.55. The Hall–Kier alpha value is -4.06. The van der Waals surface area contributed by atoms with E-state index in [4.69, 9.17) is 11.6 Å². The van der Waals surface area contributed by atoms with Crippen LogP contribution in [0.2, 0.25) is 5.02 Å². The van der Waals surface area contributed by atoms with Crippen molar-refractivity contribution in [2.75, 3.05) is 4.90 Å². The summed E-state index contributed by atoms with van der Waals surface area (Å²) in [7, 11) is 0. The number of aromatic nitrogens is 4. The Morgan fingerprint density at radius 2 is 1.82 bits per heavy atom. The number of rotatable bonds is 6. The molecule has 12 heteroatoms. The first-order valence-electron chi connectivity index (χ1n) is 12.0. The van der Waals surface area contributed by atoms with Crippen molar-refractivity contribution < 1.29 is 19.1 Å². The minimum absolute atomic E-state index is 0.143. The molecule has 0 aliphatic carbocycles. The second-order valence-corrected chi connectivity index (χ2v) is 11.6. The third-order valence-electron chi connectivity index (χ3n) is 6.44. The zero-order chi connectivity index (χ0) is 28.0. The third kappa shape index (κ3) is 4.66. The highest BCUT2D eigenvalue weighted by Gasteiger charge is 2.48. The fourth-order valence-electron chi connectivity index (χ4n) is 4.60. The molecule has 0 radical (unpaired) electrons. The van der Waals surface area contributed by atoms with E-state index in [-0.39, 0.29) is 22.2 Å². The number of thioether (sulfide) groups is 1. The van der Waals surface area contributed by atoms with Crippen LogP contribution in [0, 0.1) is 12.7 Å². The van der Waals surface area contributed by atoms with Crippen molar-refractivity contribution in [2.45, 2.75) is 23.1 Å². The maximum absolute atomic E-state index is 13.9. The Morgan fingerprint density at radius 3 is 2.58 bits per heavy atom. The topological polar surface area (TPSA) is 101 Å². The number of ketones is 1. The van der Waals surface area contributed by atoms with Gasteiger partial charge in [-0.2, -0.15) is 0 Å². The van der Waals surface area contributed by atoms with Gasteiger partial charge in [0.15, 0.2) is 10.1 Å². The van der Waals surface area contributed by atoms with Gasteiger partial charge in [0.2, 0.25) is 5.13 Å². The smallest absolute Gasteiger partial charge is 0.301 e. The number of imidazole rings is 1. The minimum atomic E-state index is -1.06. The van der Waals surface area contributed by atoms with Gasteiger partial charge in [0.1, 0.15) is 17.2 Å². The number of nitrogens with zero attached hydrogens (tertiary/aromatic N) is 5. The van der Waals surface area contributed by atoms with Gasteiger partial charge in [-0.25, -0.2) is 9.37 Å². The molecule has 1 aliphatic heterocycles. The number of carbonyl (C=O) groups excluding carboxylic acids is 2. The minimum Gasteiger partial charge on any atom is -0.505 e. The van der Waals surface area contributed by atoms with Crippen LogP contribution in [0.15, 0.2) is 82.8 Å². The molecule has 200 valence electrons. The summed E-state index contributed by atoms with van der Waals surface area (Å²) in [6.07, 6.45) is 1.71. The second kappa shape index (κ2) is 10.5. The average Bonchev–Trinajstić information content (AvgIpc) is 3.62. The maximum Gasteiger partial charge on any atom is 0.301 e. The highest BCUT2D eigenvalue weighted by atomic mass is 35.5. The molecule has 1 N–H and O–H groups in total. The Bertz CT molecular complexity index is 1800. The van der Waals surface area contributed by atoms with Crippen molar-refractivity contribution in [3.63, 3.8) is 0 Å². The molecule has 1 unspecified atom stereocenters. The number of fused-ring (bicyclic) bond motifs is 1. The van der Waals surface area contributed by atoms with Crippen LogP contribution < -0.4 is 4.90 Å². The van der Waals surface area contributed by atoms with Gasteiger partial charge in [0, 0.05) is 17.0 Å². The molecule has 40 heavy (non-hydrogen) atoms. The van der Waals surface area contributed by atoms with Gasteiger partial charge in [0.25, 0.3) is 5.78 Å². The SMILES string of the molecule is Cc1nc2ccccn2c1/C(O)=C1\C(=O)C(=O)N(c2nnc(SCc3ccc(Cl)cc3)s2)C1c1ccc(F)cc1. The van der Waals surface area contributed by atoms with Crippen molar-refractivity contribution in [1.82, 2.24) is 19.6 Å². The van der Waals surface area contributed by atoms with Crippen molar-refractivity contribution in [3.8, 4) is 0 Å². The summed E-state index contributed by atoms with van der Waals surface area (Å²) in [6.45, 7) is 1.71. The molecule has 0 spiro atoms. The number of aryl methyl sites for hydroxylation is 1. The Labute approximate surface area is 240 Å². The molecule has 0 saturated carbocycles. The highest BCUT2D eigenvalue weighted by Crippen LogP contribution is 2.44. The van der Waals surface area contributed by atoms with Crippen LogP contribution in [-0.4, -0.2) is 36.4 Å². The molecule has 0 bridgehead atoms. The molecule has 3 aromatic heterocycles. The first-order valence-corrected chi connectivity index (χ1v) is 14.2. The van der Waals surface area contributed by atoms with Gasteiger partial charge in [-0.1, -0.05) is 65.0 Å². The average molecular weight is 592 g/mol. The van der Waals surface area contributed by atoms with Gasteiger partial charge in [0.05, 0.1) is 17.3 Å². The van der Waals surface area contributed by atoms with E-state index in [1.807, 2.05) is 12.1 Å². The van der Waals surface area contributed by atoms with E-state index in [2.05, 4.69) is 15.2 Å². The maximum atomic E-state index is 13.9. The normalized spacial score (nSPS) is 16.8. The molecule has 6 rings (SSSR count). The molecule has 1 saturated heterocycles. The Kier molecular flexibility index (Phi) is 6.87. The number of aliphatic hydroxyl groups excluding tert-OH is 1. The molecule has 5 aromatic rings. The summed E-state index contributed by atoms with van der Waals surface area (Å²) in [5.74, 6) is -2.02. The van der Waals surface area contributed by atoms with E-state index < -0.39 is 23.5 Å². The van der Waals surface area contributed by atoms with E-state index in [0.717, 1.165) is 16.9 Å². The van der Waals surface area contributed by atoms with Gasteiger partial charge in [-0.3, -0.25) is 18.9 Å². The molecule has 8 nitrogen and oxygen atoms in total. The van der Waals surface area contributed by atoms with Crippen LogP contribution in [0.3, 0.4) is 0 Å². The third-order valence-corrected chi connectivity index (χ3v) is 8.82. The van der Waals surface area contributed by atoms with E-state index in [9.17, 15) is 19.1 Å². The number of hydrogen-bond donors (Lipinski definition) is 1. The summed E-state index contributed by atoms with van der Waals surface area (Å²) in [4.78, 5) is 32.6. The zero-order valence-electron chi connectivity index (χ0n) is 20.8. The molecule has 2 aromatic carbocycles. The molecular formula is C28H19ClFN5O3S2. The molecular weight excluding hydrogens is 573 g/mol. The monoisotopic (exact) mass is 591 g/mol. The summed E-state index contributed by atoms with van der Waals surface area (Å²) >= 11 is 8.54. The number of aliphatic hydroxyl groups is 1. The lowest BCUT2D eigenvalue weighted by molar-refractivity contribution is -0.132. The number of amides is 1. The number of Topliss-reactive ketones (excluding diaryl/α,β-unsaturated/α-hetero) is 1. The van der Waals surface area contributed by atoms with Crippen LogP contribution in [0.4, 0.5) is 9.52 Å². The fraction of sp³-hybridized carbons (Fsp3) is 0.107. The predicted octanol–water partition coefficient (Wildman–Crippen LogP) is 6.21. The first-order chi connectivity index (χ1) is 19.3. The molecule has 1 atom stereocenters. The van der Waals surface area contributed by atoms with Crippen LogP contribution >= 0.6 is 34.7 Å². The summed E-state index contributed by atoms with van der Waals surface area (Å²) in [5.41, 5.74) is 2.65. The number of halogens is 2. The van der Waals surface area contributed by atoms with Crippen LogP contribution in [0.25, 0.3) is 11.4 Å². The molecule has 1 fully saturated rings. The standard InChI is InChI=1S/C28H19ClFN5O3S2/c1-15-22(34-13-3-2-4-20(34)31-15)24(36)21-23(17-7-11-19(30)12-8-17)35(26(38)25(21)37)27-32-33-28(40-27)39-14-16-5-9-18(29)10-6-16/h2-13,23,36H,14H2,1H3/b24-21+. The second-order valence-electron chi connectivity index (χ2n) is 8.96. The van der Waals surface area contributed by atoms with E-state index in [1.165, 1.54) is 40.9 Å². The lowest BCUT2D eigenvalue weighted by Crippen LogP contribution is -2.29. The van der Waals surface area contributed by atoms with Crippen LogP contribution in [0.1, 0.15) is 28.6 Å². The van der Waals surface area contributed by atoms with Gasteiger partial charge < -0.3 is 5.11 Å². The molecule has 1 amide bonds. The lowest BCUT2D eigenvalue weighted by atomic mass is 9.96. The summed E-state index contributed by atoms with van der Waals surface area (Å²) in [5, 5.41) is 20.8. The van der Waals surface area contributed by atoms with E-state index >= 15 is 0 Å². The number of benzene rings is 2. The van der Waals surface area contributed by atoms with Crippen molar-refractivity contribution in [2.24, 2.45) is 0 Å². The first kappa shape index (κ1) is 26.2. The van der Waals surface area contributed by atoms with Crippen LogP contribution in [0.5, 0.6) is 0 Å². The van der Waals surface area contributed by atoms with Crippen molar-refractivity contribution >= 4 is 62.9 Å². The van der Waals surface area contributed by atoms with Crippen molar-refractivity contribution in [1.29, 1.82) is 0 Å². The summed E-state index contributed by atoms with van der Waals surface area (Å²) in [6, 6.07) is 17.1. The number of hydrogen-bond acceptors (Lipinski definition) is 8. The van der Waals surface area contributed by atoms with Gasteiger partial charge >= 0.3 is 5.91 Å². The predicted molar refractivity (Wildman–Crippen MR) is 152 cm³/mol. The lowest BCUT2D eigenvalue weighted by Gasteiger charge is -2.22. The molecule has 1 aliphatic rings. The quantitative estimate of drug-likeness (QED) is 0.0824. The van der Waals surface area contributed by atoms with Gasteiger partial charge in [-0.05, 0) is 54.4 Å². The van der Waals surface area contributed by atoms with Crippen molar-refractivity contribution in [3.05, 3.63) is 112 Å². The molecule has 4 heterocycles.